The lowest BCUT2D eigenvalue weighted by atomic mass is 10.0. The zero-order valence-electron chi connectivity index (χ0n) is 14.7. The topological polar surface area (TPSA) is 59.3 Å². The molecule has 1 amide bonds. The molecule has 3 heterocycles. The lowest BCUT2D eigenvalue weighted by Crippen LogP contribution is -2.30. The first-order valence-corrected chi connectivity index (χ1v) is 8.64. The van der Waals surface area contributed by atoms with Crippen molar-refractivity contribution in [2.24, 2.45) is 0 Å². The van der Waals surface area contributed by atoms with Gasteiger partial charge >= 0.3 is 0 Å². The molecule has 0 aliphatic carbocycles. The van der Waals surface area contributed by atoms with Crippen molar-refractivity contribution in [2.75, 3.05) is 0 Å². The summed E-state index contributed by atoms with van der Waals surface area (Å²) in [5.41, 5.74) is 2.30. The zero-order chi connectivity index (χ0) is 19.5. The van der Waals surface area contributed by atoms with E-state index in [2.05, 4.69) is 15.3 Å². The quantitative estimate of drug-likeness (QED) is 0.574. The van der Waals surface area contributed by atoms with Crippen molar-refractivity contribution in [3.63, 3.8) is 0 Å². The van der Waals surface area contributed by atoms with Crippen LogP contribution in [0.25, 0.3) is 5.65 Å². The van der Waals surface area contributed by atoms with E-state index in [1.807, 2.05) is 0 Å². The molecule has 7 heteroatoms. The lowest BCUT2D eigenvalue weighted by molar-refractivity contribution is 0.0941. The van der Waals surface area contributed by atoms with Gasteiger partial charge in [-0.2, -0.15) is 0 Å². The Kier molecular flexibility index (Phi) is 4.80. The van der Waals surface area contributed by atoms with Crippen LogP contribution in [0.5, 0.6) is 0 Å². The fourth-order valence-electron chi connectivity index (χ4n) is 2.99. The number of rotatable bonds is 5. The van der Waals surface area contributed by atoms with Crippen molar-refractivity contribution in [3.05, 3.63) is 102 Å². The Hall–Kier alpha value is -3.61. The molecule has 5 nitrogen and oxygen atoms in total. The molecule has 0 unspecified atom stereocenters. The number of nitrogens with zero attached hydrogens (tertiary/aromatic N) is 3. The summed E-state index contributed by atoms with van der Waals surface area (Å²) >= 11 is 0. The number of carbonyl (C=O) groups is 1. The predicted octanol–water partition coefficient (Wildman–Crippen LogP) is 3.86. The van der Waals surface area contributed by atoms with Gasteiger partial charge in [-0.15, -0.1) is 0 Å². The Morgan fingerprint density at radius 1 is 1.07 bits per heavy atom. The summed E-state index contributed by atoms with van der Waals surface area (Å²) in [6.07, 6.45) is 6.48. The highest BCUT2D eigenvalue weighted by Crippen LogP contribution is 2.24. The van der Waals surface area contributed by atoms with Crippen LogP contribution in [0.2, 0.25) is 0 Å². The number of imidazole rings is 1. The molecule has 0 bridgehead atoms. The number of alkyl halides is 1. The molecule has 4 rings (SSSR count). The molecule has 1 aromatic carbocycles. The number of amides is 1. The second kappa shape index (κ2) is 7.56. The second-order valence-corrected chi connectivity index (χ2v) is 6.26. The molecule has 0 saturated carbocycles. The number of pyridine rings is 2. The summed E-state index contributed by atoms with van der Waals surface area (Å²) in [7, 11) is 0. The van der Waals surface area contributed by atoms with Gasteiger partial charge in [-0.25, -0.2) is 13.8 Å². The smallest absolute Gasteiger partial charge is 0.253 e. The summed E-state index contributed by atoms with van der Waals surface area (Å²) in [6.45, 7) is -0.597. The Morgan fingerprint density at radius 3 is 2.64 bits per heavy atom. The molecule has 0 spiro atoms. The Bertz CT molecular complexity index is 1120. The summed E-state index contributed by atoms with van der Waals surface area (Å²) < 4.78 is 29.0. The molecule has 0 aliphatic rings. The number of benzene rings is 1. The van der Waals surface area contributed by atoms with Crippen LogP contribution in [0.15, 0.2) is 73.3 Å². The van der Waals surface area contributed by atoms with Crippen LogP contribution >= 0.6 is 0 Å². The minimum absolute atomic E-state index is 0.0903. The molecule has 1 atom stereocenters. The molecular weight excluding hydrogens is 362 g/mol. The molecule has 28 heavy (non-hydrogen) atoms. The highest BCUT2D eigenvalue weighted by molar-refractivity contribution is 5.94. The second-order valence-electron chi connectivity index (χ2n) is 6.26. The third-order valence-electron chi connectivity index (χ3n) is 4.45. The van der Waals surface area contributed by atoms with Crippen molar-refractivity contribution in [2.45, 2.75) is 12.7 Å². The average molecular weight is 378 g/mol. The number of fused-ring (bicyclic) bond motifs is 1. The summed E-state index contributed by atoms with van der Waals surface area (Å²) in [5, 5.41) is 2.83. The monoisotopic (exact) mass is 378 g/mol. The number of aromatic nitrogens is 3. The van der Waals surface area contributed by atoms with Gasteiger partial charge < -0.3 is 9.72 Å². The first-order valence-electron chi connectivity index (χ1n) is 8.64. The fourth-order valence-corrected chi connectivity index (χ4v) is 2.99. The van der Waals surface area contributed by atoms with E-state index in [9.17, 15) is 13.6 Å². The molecule has 1 N–H and O–H groups in total. The van der Waals surface area contributed by atoms with E-state index in [4.69, 9.17) is 0 Å². The Labute approximate surface area is 159 Å². The summed E-state index contributed by atoms with van der Waals surface area (Å²) in [5.74, 6) is -0.923. The van der Waals surface area contributed by atoms with Crippen LogP contribution in [-0.4, -0.2) is 20.3 Å². The van der Waals surface area contributed by atoms with Crippen molar-refractivity contribution in [1.82, 2.24) is 19.7 Å². The maximum absolute atomic E-state index is 14.4. The van der Waals surface area contributed by atoms with Crippen molar-refractivity contribution in [1.29, 1.82) is 0 Å². The van der Waals surface area contributed by atoms with E-state index in [1.54, 1.807) is 59.4 Å². The molecule has 140 valence electrons. The third-order valence-corrected chi connectivity index (χ3v) is 4.45. The van der Waals surface area contributed by atoms with Gasteiger partial charge in [-0.05, 0) is 35.4 Å². The van der Waals surface area contributed by atoms with Gasteiger partial charge in [0.1, 0.15) is 23.8 Å². The fraction of sp³-hybridized carbons (Fsp3) is 0.0952. The summed E-state index contributed by atoms with van der Waals surface area (Å²) in [4.78, 5) is 21.1. The standard InChI is InChI=1S/C21H16F2N4O/c22-12-14-3-5-15(6-4-14)19(20-17(23)2-1-9-25-20)26-21(28)16-7-8-18-24-10-11-27(18)13-16/h1-11,13,19H,12H2,(H,26,28)/t19-/m0/s1. The maximum atomic E-state index is 14.4. The number of halogens is 2. The highest BCUT2D eigenvalue weighted by atomic mass is 19.1. The summed E-state index contributed by atoms with van der Waals surface area (Å²) in [6, 6.07) is 11.9. The molecule has 0 radical (unpaired) electrons. The molecule has 0 aliphatic heterocycles. The van der Waals surface area contributed by atoms with Crippen LogP contribution in [0.3, 0.4) is 0 Å². The van der Waals surface area contributed by atoms with Crippen molar-refractivity contribution < 1.29 is 13.6 Å². The maximum Gasteiger partial charge on any atom is 0.253 e. The molecule has 0 saturated heterocycles. The van der Waals surface area contributed by atoms with Crippen LogP contribution in [-0.2, 0) is 6.67 Å². The van der Waals surface area contributed by atoms with Crippen LogP contribution in [0.1, 0.15) is 33.2 Å². The SMILES string of the molecule is O=C(N[C@@H](c1ccc(CF)cc1)c1ncccc1F)c1ccc2nccn2c1. The van der Waals surface area contributed by atoms with Crippen molar-refractivity contribution >= 4 is 11.6 Å². The van der Waals surface area contributed by atoms with E-state index in [0.29, 0.717) is 22.3 Å². The van der Waals surface area contributed by atoms with Gasteiger partial charge in [0.15, 0.2) is 0 Å². The van der Waals surface area contributed by atoms with Gasteiger partial charge in [-0.3, -0.25) is 9.78 Å². The van der Waals surface area contributed by atoms with E-state index >= 15 is 0 Å². The van der Waals surface area contributed by atoms with Crippen LogP contribution < -0.4 is 5.32 Å². The molecule has 4 aromatic rings. The minimum Gasteiger partial charge on any atom is -0.339 e. The molecular formula is C21H16F2N4O. The largest absolute Gasteiger partial charge is 0.339 e. The normalized spacial score (nSPS) is 12.1. The average Bonchev–Trinajstić information content (AvgIpc) is 3.20. The highest BCUT2D eigenvalue weighted by Gasteiger charge is 2.22. The lowest BCUT2D eigenvalue weighted by Gasteiger charge is -2.20. The number of nitrogens with one attached hydrogen (secondary N) is 1. The number of hydrogen-bond acceptors (Lipinski definition) is 3. The van der Waals surface area contributed by atoms with Gasteiger partial charge in [0, 0.05) is 24.8 Å². The van der Waals surface area contributed by atoms with Crippen LogP contribution in [0.4, 0.5) is 8.78 Å². The van der Waals surface area contributed by atoms with E-state index < -0.39 is 18.5 Å². The van der Waals surface area contributed by atoms with E-state index in [-0.39, 0.29) is 11.6 Å². The number of hydrogen-bond donors (Lipinski definition) is 1. The van der Waals surface area contributed by atoms with E-state index in [1.165, 1.54) is 18.3 Å². The Morgan fingerprint density at radius 2 is 1.89 bits per heavy atom. The third kappa shape index (κ3) is 3.46. The minimum atomic E-state index is -0.819. The first-order chi connectivity index (χ1) is 13.7. The van der Waals surface area contributed by atoms with Gasteiger partial charge in [-0.1, -0.05) is 24.3 Å². The molecule has 0 fully saturated rings. The van der Waals surface area contributed by atoms with Gasteiger partial charge in [0.25, 0.3) is 5.91 Å². The Balaban J connectivity index is 1.70. The number of carbonyl (C=O) groups excluding carboxylic acids is 1. The van der Waals surface area contributed by atoms with Gasteiger partial charge in [0.05, 0.1) is 11.6 Å². The van der Waals surface area contributed by atoms with Crippen LogP contribution in [0, 0.1) is 5.82 Å². The first kappa shape index (κ1) is 17.8. The zero-order valence-corrected chi connectivity index (χ0v) is 14.7. The molecule has 3 aromatic heterocycles. The predicted molar refractivity (Wildman–Crippen MR) is 100.0 cm³/mol. The van der Waals surface area contributed by atoms with Crippen molar-refractivity contribution in [3.8, 4) is 0 Å². The van der Waals surface area contributed by atoms with Gasteiger partial charge in [0.2, 0.25) is 0 Å². The van der Waals surface area contributed by atoms with E-state index in [0.717, 1.165) is 0 Å².